The molecule has 0 atom stereocenters. The van der Waals surface area contributed by atoms with Crippen LogP contribution in [0.5, 0.6) is 0 Å². The predicted molar refractivity (Wildman–Crippen MR) is 107 cm³/mol. The number of aromatic amines is 1. The molecule has 0 bridgehead atoms. The van der Waals surface area contributed by atoms with Crippen molar-refractivity contribution in [3.05, 3.63) is 85.8 Å². The van der Waals surface area contributed by atoms with E-state index >= 15 is 0 Å². The predicted octanol–water partition coefficient (Wildman–Crippen LogP) is 1.65. The summed E-state index contributed by atoms with van der Waals surface area (Å²) in [4.78, 5) is 27.1. The highest BCUT2D eigenvalue weighted by atomic mass is 32.2. The van der Waals surface area contributed by atoms with E-state index in [1.54, 1.807) is 19.1 Å². The van der Waals surface area contributed by atoms with E-state index in [0.29, 0.717) is 16.9 Å². The summed E-state index contributed by atoms with van der Waals surface area (Å²) in [6.45, 7) is 1.96. The van der Waals surface area contributed by atoms with Crippen molar-refractivity contribution < 1.29 is 13.3 Å². The molecule has 11 heteroatoms. The van der Waals surface area contributed by atoms with Crippen LogP contribution < -0.4 is 10.7 Å². The minimum atomic E-state index is -3.75. The van der Waals surface area contributed by atoms with E-state index in [0.717, 1.165) is 5.56 Å². The van der Waals surface area contributed by atoms with Gasteiger partial charge >= 0.3 is 0 Å². The number of rotatable bonds is 6. The third-order valence-electron chi connectivity index (χ3n) is 4.18. The van der Waals surface area contributed by atoms with Gasteiger partial charge in [0.15, 0.2) is 0 Å². The van der Waals surface area contributed by atoms with Crippen LogP contribution in [0.2, 0.25) is 0 Å². The number of sulfonamides is 1. The Kier molecular flexibility index (Phi) is 5.43. The number of aryl methyl sites for hydroxylation is 1. The Hall–Kier alpha value is -3.57. The zero-order chi connectivity index (χ0) is 21.2. The standard InChI is InChI=1S/C18H17N5O5S/c1-12-17(11-20-10-13-2-8-16(9-3-13)29(19,27)28)18(24)22(21-12)14-4-6-15(7-5-14)23(25)26/h2-9,11,21H,10H2,1H3,(H2,19,27,28). The van der Waals surface area contributed by atoms with E-state index in [9.17, 15) is 23.3 Å². The monoisotopic (exact) mass is 415 g/mol. The number of non-ortho nitro benzene ring substituents is 1. The lowest BCUT2D eigenvalue weighted by Crippen LogP contribution is -2.17. The molecule has 0 saturated heterocycles. The van der Waals surface area contributed by atoms with Crippen LogP contribution in [-0.2, 0) is 16.6 Å². The maximum Gasteiger partial charge on any atom is 0.280 e. The van der Waals surface area contributed by atoms with Gasteiger partial charge in [-0.15, -0.1) is 0 Å². The lowest BCUT2D eigenvalue weighted by atomic mass is 10.2. The molecule has 0 spiro atoms. The molecule has 3 N–H and O–H groups in total. The zero-order valence-electron chi connectivity index (χ0n) is 15.3. The summed E-state index contributed by atoms with van der Waals surface area (Å²) >= 11 is 0. The number of aliphatic imine (C=N–C) groups is 1. The van der Waals surface area contributed by atoms with Crippen LogP contribution in [0.4, 0.5) is 5.69 Å². The number of nitrogens with two attached hydrogens (primary N) is 1. The molecule has 0 fully saturated rings. The minimum absolute atomic E-state index is 0.0118. The fourth-order valence-corrected chi connectivity index (χ4v) is 3.16. The smallest absolute Gasteiger partial charge is 0.280 e. The van der Waals surface area contributed by atoms with Gasteiger partial charge in [-0.3, -0.25) is 25.0 Å². The maximum atomic E-state index is 12.6. The molecule has 2 aromatic carbocycles. The first-order valence-corrected chi connectivity index (χ1v) is 9.89. The lowest BCUT2D eigenvalue weighted by molar-refractivity contribution is -0.384. The van der Waals surface area contributed by atoms with Gasteiger partial charge in [-0.25, -0.2) is 18.2 Å². The van der Waals surface area contributed by atoms with Crippen molar-refractivity contribution in [3.8, 4) is 5.69 Å². The van der Waals surface area contributed by atoms with Gasteiger partial charge in [0.1, 0.15) is 0 Å². The van der Waals surface area contributed by atoms with Crippen LogP contribution in [0.15, 0.2) is 63.2 Å². The number of nitrogens with zero attached hydrogens (tertiary/aromatic N) is 3. The summed E-state index contributed by atoms with van der Waals surface area (Å²) in [5.41, 5.74) is 1.73. The number of hydrogen-bond acceptors (Lipinski definition) is 6. The number of nitro groups is 1. The van der Waals surface area contributed by atoms with Crippen LogP contribution in [0.25, 0.3) is 5.69 Å². The van der Waals surface area contributed by atoms with Crippen LogP contribution in [0, 0.1) is 17.0 Å². The highest BCUT2D eigenvalue weighted by molar-refractivity contribution is 7.89. The van der Waals surface area contributed by atoms with E-state index in [1.165, 1.54) is 47.3 Å². The SMILES string of the molecule is Cc1[nH]n(-c2ccc([N+](=O)[O-])cc2)c(=O)c1C=NCc1ccc(S(N)(=O)=O)cc1. The topological polar surface area (TPSA) is 153 Å². The largest absolute Gasteiger partial charge is 0.295 e. The summed E-state index contributed by atoms with van der Waals surface area (Å²) in [6, 6.07) is 11.6. The molecule has 0 amide bonds. The quantitative estimate of drug-likeness (QED) is 0.356. The molecule has 3 aromatic rings. The molecule has 1 heterocycles. The van der Waals surface area contributed by atoms with E-state index < -0.39 is 14.9 Å². The van der Waals surface area contributed by atoms with Crippen molar-refractivity contribution in [1.82, 2.24) is 9.78 Å². The summed E-state index contributed by atoms with van der Waals surface area (Å²) < 4.78 is 23.8. The van der Waals surface area contributed by atoms with E-state index in [-0.39, 0.29) is 22.7 Å². The van der Waals surface area contributed by atoms with Gasteiger partial charge in [-0.1, -0.05) is 12.1 Å². The van der Waals surface area contributed by atoms with Gasteiger partial charge in [-0.05, 0) is 36.8 Å². The molecular weight excluding hydrogens is 398 g/mol. The Morgan fingerprint density at radius 2 is 1.79 bits per heavy atom. The molecule has 29 heavy (non-hydrogen) atoms. The van der Waals surface area contributed by atoms with Gasteiger partial charge in [0.25, 0.3) is 11.2 Å². The molecular formula is C18H17N5O5S. The Morgan fingerprint density at radius 1 is 1.17 bits per heavy atom. The summed E-state index contributed by atoms with van der Waals surface area (Å²) in [5.74, 6) is 0. The van der Waals surface area contributed by atoms with Crippen LogP contribution in [-0.4, -0.2) is 29.3 Å². The van der Waals surface area contributed by atoms with E-state index in [4.69, 9.17) is 5.14 Å². The number of nitro benzene ring substituents is 1. The molecule has 0 aliphatic heterocycles. The Labute approximate surface area is 165 Å². The number of hydrogen-bond donors (Lipinski definition) is 2. The molecule has 0 aliphatic rings. The molecule has 0 unspecified atom stereocenters. The second-order valence-electron chi connectivity index (χ2n) is 6.22. The number of aromatic nitrogens is 2. The number of H-pyrrole nitrogens is 1. The van der Waals surface area contributed by atoms with Crippen molar-refractivity contribution in [1.29, 1.82) is 0 Å². The molecule has 1 aromatic heterocycles. The van der Waals surface area contributed by atoms with Crippen LogP contribution in [0.1, 0.15) is 16.8 Å². The van der Waals surface area contributed by atoms with Gasteiger partial charge in [0, 0.05) is 24.0 Å². The number of benzene rings is 2. The highest BCUT2D eigenvalue weighted by Gasteiger charge is 2.12. The van der Waals surface area contributed by atoms with Crippen LogP contribution in [0.3, 0.4) is 0 Å². The Bertz CT molecular complexity index is 1240. The second-order valence-corrected chi connectivity index (χ2v) is 7.78. The number of primary sulfonamides is 1. The van der Waals surface area contributed by atoms with E-state index in [1.807, 2.05) is 0 Å². The first-order chi connectivity index (χ1) is 13.7. The summed E-state index contributed by atoms with van der Waals surface area (Å²) in [6.07, 6.45) is 1.43. The average Bonchev–Trinajstić information content (AvgIpc) is 2.96. The Balaban J connectivity index is 1.80. The number of nitrogens with one attached hydrogen (secondary N) is 1. The normalized spacial score (nSPS) is 11.8. The van der Waals surface area contributed by atoms with Gasteiger partial charge in [-0.2, -0.15) is 0 Å². The molecule has 0 saturated carbocycles. The van der Waals surface area contributed by atoms with Crippen molar-refractivity contribution in [2.75, 3.05) is 0 Å². The third kappa shape index (κ3) is 4.47. The molecule has 0 radical (unpaired) electrons. The fraction of sp³-hybridized carbons (Fsp3) is 0.111. The zero-order valence-corrected chi connectivity index (χ0v) is 16.1. The van der Waals surface area contributed by atoms with Crippen molar-refractivity contribution in [3.63, 3.8) is 0 Å². The summed E-state index contributed by atoms with van der Waals surface area (Å²) in [5, 5.41) is 18.7. The van der Waals surface area contributed by atoms with Gasteiger partial charge < -0.3 is 0 Å². The van der Waals surface area contributed by atoms with Gasteiger partial charge in [0.2, 0.25) is 10.0 Å². The molecule has 150 valence electrons. The van der Waals surface area contributed by atoms with Crippen molar-refractivity contribution >= 4 is 21.9 Å². The molecule has 10 nitrogen and oxygen atoms in total. The van der Waals surface area contributed by atoms with Gasteiger partial charge in [0.05, 0.1) is 27.6 Å². The lowest BCUT2D eigenvalue weighted by Gasteiger charge is -2.00. The fourth-order valence-electron chi connectivity index (χ4n) is 2.64. The van der Waals surface area contributed by atoms with Crippen LogP contribution >= 0.6 is 0 Å². The first-order valence-electron chi connectivity index (χ1n) is 8.35. The molecule has 0 aliphatic carbocycles. The molecule has 3 rings (SSSR count). The van der Waals surface area contributed by atoms with Crippen molar-refractivity contribution in [2.24, 2.45) is 10.1 Å². The minimum Gasteiger partial charge on any atom is -0.295 e. The van der Waals surface area contributed by atoms with E-state index in [2.05, 4.69) is 10.1 Å². The Morgan fingerprint density at radius 3 is 2.34 bits per heavy atom. The van der Waals surface area contributed by atoms with Crippen molar-refractivity contribution in [2.45, 2.75) is 18.4 Å². The average molecular weight is 415 g/mol. The first kappa shape index (κ1) is 20.2. The maximum absolute atomic E-state index is 12.6. The summed E-state index contributed by atoms with van der Waals surface area (Å²) in [7, 11) is -3.75. The highest BCUT2D eigenvalue weighted by Crippen LogP contribution is 2.14. The third-order valence-corrected chi connectivity index (χ3v) is 5.11. The second kappa shape index (κ2) is 7.81.